The summed E-state index contributed by atoms with van der Waals surface area (Å²) in [4.78, 5) is 0. The van der Waals surface area contributed by atoms with Gasteiger partial charge in [0, 0.05) is 6.42 Å². The predicted octanol–water partition coefficient (Wildman–Crippen LogP) is 3.68. The molecule has 0 amide bonds. The third-order valence-electron chi connectivity index (χ3n) is 2.39. The van der Waals surface area contributed by atoms with E-state index in [1.54, 1.807) is 13.0 Å². The summed E-state index contributed by atoms with van der Waals surface area (Å²) in [5.41, 5.74) is 0.0545. The van der Waals surface area contributed by atoms with Crippen LogP contribution in [-0.4, -0.2) is 10.7 Å². The molecule has 0 saturated heterocycles. The molecule has 0 aliphatic heterocycles. The van der Waals surface area contributed by atoms with E-state index in [2.05, 4.69) is 15.9 Å². The van der Waals surface area contributed by atoms with E-state index in [0.717, 1.165) is 18.4 Å². The first-order chi connectivity index (χ1) is 6.96. The first kappa shape index (κ1) is 12.7. The van der Waals surface area contributed by atoms with E-state index < -0.39 is 5.60 Å². The Kier molecular flexibility index (Phi) is 4.29. The maximum Gasteiger partial charge on any atom is 0.137 e. The van der Waals surface area contributed by atoms with Crippen LogP contribution in [-0.2, 0) is 6.42 Å². The fourth-order valence-corrected chi connectivity index (χ4v) is 2.13. The molecule has 0 aliphatic carbocycles. The Bertz CT molecular complexity index is 336. The van der Waals surface area contributed by atoms with Gasteiger partial charge in [-0.25, -0.2) is 4.39 Å². The van der Waals surface area contributed by atoms with Crippen LogP contribution in [0.2, 0.25) is 0 Å². The van der Waals surface area contributed by atoms with Gasteiger partial charge in [0.25, 0.3) is 0 Å². The summed E-state index contributed by atoms with van der Waals surface area (Å²) in [5.74, 6) is -0.278. The second-order valence-corrected chi connectivity index (χ2v) is 4.93. The smallest absolute Gasteiger partial charge is 0.137 e. The van der Waals surface area contributed by atoms with Crippen LogP contribution in [0.5, 0.6) is 0 Å². The van der Waals surface area contributed by atoms with Gasteiger partial charge in [-0.1, -0.05) is 25.5 Å². The van der Waals surface area contributed by atoms with Crippen LogP contribution in [0.15, 0.2) is 22.7 Å². The standard InChI is InChI=1S/C12H16BrFO/c1-3-7-12(2,15)8-9-5-4-6-10(14)11(9)13/h4-6,15H,3,7-8H2,1-2H3. The molecule has 0 bridgehead atoms. The first-order valence-electron chi connectivity index (χ1n) is 5.11. The van der Waals surface area contributed by atoms with E-state index >= 15 is 0 Å². The molecule has 1 aromatic rings. The highest BCUT2D eigenvalue weighted by atomic mass is 79.9. The van der Waals surface area contributed by atoms with E-state index in [4.69, 9.17) is 0 Å². The highest BCUT2D eigenvalue weighted by Gasteiger charge is 2.21. The zero-order valence-corrected chi connectivity index (χ0v) is 10.6. The van der Waals surface area contributed by atoms with Crippen molar-refractivity contribution < 1.29 is 9.50 Å². The lowest BCUT2D eigenvalue weighted by Crippen LogP contribution is -2.27. The van der Waals surface area contributed by atoms with E-state index in [0.29, 0.717) is 10.9 Å². The van der Waals surface area contributed by atoms with Gasteiger partial charge in [-0.05, 0) is 40.9 Å². The SMILES string of the molecule is CCCC(C)(O)Cc1cccc(F)c1Br. The number of hydrogen-bond donors (Lipinski definition) is 1. The third kappa shape index (κ3) is 3.58. The molecule has 0 radical (unpaired) electrons. The van der Waals surface area contributed by atoms with Gasteiger partial charge in [-0.15, -0.1) is 0 Å². The highest BCUT2D eigenvalue weighted by molar-refractivity contribution is 9.10. The van der Waals surface area contributed by atoms with Gasteiger partial charge in [-0.2, -0.15) is 0 Å². The lowest BCUT2D eigenvalue weighted by atomic mass is 9.92. The minimum absolute atomic E-state index is 0.278. The molecule has 0 aromatic heterocycles. The van der Waals surface area contributed by atoms with Gasteiger partial charge in [-0.3, -0.25) is 0 Å². The number of benzene rings is 1. The maximum absolute atomic E-state index is 13.2. The van der Waals surface area contributed by atoms with Gasteiger partial charge >= 0.3 is 0 Å². The zero-order valence-electron chi connectivity index (χ0n) is 9.06. The minimum atomic E-state index is -0.759. The Morgan fingerprint density at radius 1 is 1.47 bits per heavy atom. The van der Waals surface area contributed by atoms with Crippen molar-refractivity contribution >= 4 is 15.9 Å². The molecule has 0 heterocycles. The van der Waals surface area contributed by atoms with Crippen molar-refractivity contribution in [1.82, 2.24) is 0 Å². The van der Waals surface area contributed by atoms with E-state index in [9.17, 15) is 9.50 Å². The molecular weight excluding hydrogens is 259 g/mol. The lowest BCUT2D eigenvalue weighted by Gasteiger charge is -2.23. The van der Waals surface area contributed by atoms with Crippen LogP contribution in [0, 0.1) is 5.82 Å². The highest BCUT2D eigenvalue weighted by Crippen LogP contribution is 2.26. The number of rotatable bonds is 4. The van der Waals surface area contributed by atoms with Crippen molar-refractivity contribution in [3.05, 3.63) is 34.1 Å². The van der Waals surface area contributed by atoms with Crippen LogP contribution in [0.3, 0.4) is 0 Å². The Hall–Kier alpha value is -0.410. The second kappa shape index (κ2) is 5.08. The molecule has 0 fully saturated rings. The van der Waals surface area contributed by atoms with Crippen LogP contribution in [0.4, 0.5) is 4.39 Å². The number of hydrogen-bond acceptors (Lipinski definition) is 1. The Balaban J connectivity index is 2.85. The summed E-state index contributed by atoms with van der Waals surface area (Å²) in [7, 11) is 0. The van der Waals surface area contributed by atoms with Gasteiger partial charge in [0.05, 0.1) is 10.1 Å². The van der Waals surface area contributed by atoms with Crippen LogP contribution in [0.25, 0.3) is 0 Å². The second-order valence-electron chi connectivity index (χ2n) is 4.14. The fraction of sp³-hybridized carbons (Fsp3) is 0.500. The number of aliphatic hydroxyl groups is 1. The minimum Gasteiger partial charge on any atom is -0.390 e. The van der Waals surface area contributed by atoms with Gasteiger partial charge in [0.2, 0.25) is 0 Å². The summed E-state index contributed by atoms with van der Waals surface area (Å²) in [6.45, 7) is 3.81. The largest absolute Gasteiger partial charge is 0.390 e. The van der Waals surface area contributed by atoms with Gasteiger partial charge in [0.1, 0.15) is 5.82 Å². The normalized spacial score (nSPS) is 15.0. The van der Waals surface area contributed by atoms with Gasteiger partial charge in [0.15, 0.2) is 0 Å². The van der Waals surface area contributed by atoms with Crippen molar-refractivity contribution in [2.75, 3.05) is 0 Å². The molecule has 3 heteroatoms. The van der Waals surface area contributed by atoms with E-state index in [1.807, 2.05) is 13.0 Å². The quantitative estimate of drug-likeness (QED) is 0.888. The lowest BCUT2D eigenvalue weighted by molar-refractivity contribution is 0.0503. The van der Waals surface area contributed by atoms with E-state index in [1.165, 1.54) is 6.07 Å². The molecular formula is C12H16BrFO. The summed E-state index contributed by atoms with van der Waals surface area (Å²) < 4.78 is 13.7. The Morgan fingerprint density at radius 3 is 2.73 bits per heavy atom. The molecule has 1 nitrogen and oxygen atoms in total. The van der Waals surface area contributed by atoms with Crippen LogP contribution < -0.4 is 0 Å². The van der Waals surface area contributed by atoms with Crippen molar-refractivity contribution in [1.29, 1.82) is 0 Å². The topological polar surface area (TPSA) is 20.2 Å². The van der Waals surface area contributed by atoms with Gasteiger partial charge < -0.3 is 5.11 Å². The summed E-state index contributed by atoms with van der Waals surface area (Å²) >= 11 is 3.20. The zero-order chi connectivity index (χ0) is 11.5. The molecule has 1 N–H and O–H groups in total. The first-order valence-corrected chi connectivity index (χ1v) is 5.91. The molecule has 84 valence electrons. The monoisotopic (exact) mass is 274 g/mol. The predicted molar refractivity (Wildman–Crippen MR) is 63.3 cm³/mol. The molecule has 0 saturated carbocycles. The number of halogens is 2. The molecule has 1 rings (SSSR count). The fourth-order valence-electron chi connectivity index (χ4n) is 1.72. The molecule has 1 unspecified atom stereocenters. The van der Waals surface area contributed by atoms with Crippen molar-refractivity contribution in [2.24, 2.45) is 0 Å². The average molecular weight is 275 g/mol. The molecule has 1 aromatic carbocycles. The van der Waals surface area contributed by atoms with Crippen molar-refractivity contribution in [2.45, 2.75) is 38.7 Å². The third-order valence-corrected chi connectivity index (χ3v) is 3.28. The van der Waals surface area contributed by atoms with E-state index in [-0.39, 0.29) is 5.82 Å². The molecule has 0 spiro atoms. The van der Waals surface area contributed by atoms with Crippen molar-refractivity contribution in [3.8, 4) is 0 Å². The van der Waals surface area contributed by atoms with Crippen LogP contribution >= 0.6 is 15.9 Å². The summed E-state index contributed by atoms with van der Waals surface area (Å²) in [5, 5.41) is 10.0. The van der Waals surface area contributed by atoms with Crippen molar-refractivity contribution in [3.63, 3.8) is 0 Å². The molecule has 15 heavy (non-hydrogen) atoms. The Labute approximate surface area is 98.4 Å². The van der Waals surface area contributed by atoms with Crippen LogP contribution in [0.1, 0.15) is 32.3 Å². The summed E-state index contributed by atoms with van der Waals surface area (Å²) in [6, 6.07) is 4.90. The summed E-state index contributed by atoms with van der Waals surface area (Å²) in [6.07, 6.45) is 2.11. The average Bonchev–Trinajstić information content (AvgIpc) is 2.12. The Morgan fingerprint density at radius 2 is 2.13 bits per heavy atom. The molecule has 1 atom stereocenters. The molecule has 0 aliphatic rings. The maximum atomic E-state index is 13.2.